The molecule has 0 saturated carbocycles. The smallest absolute Gasteiger partial charge is 0.166 e. The van der Waals surface area contributed by atoms with Crippen molar-refractivity contribution in [1.82, 2.24) is 9.97 Å². The highest BCUT2D eigenvalue weighted by Gasteiger charge is 2.10. The molecule has 90 valence electrons. The molecule has 0 bridgehead atoms. The molecule has 17 heavy (non-hydrogen) atoms. The molecule has 2 rings (SSSR count). The number of hydrogen-bond acceptors (Lipinski definition) is 4. The summed E-state index contributed by atoms with van der Waals surface area (Å²) in [4.78, 5) is 18.1. The van der Waals surface area contributed by atoms with Crippen LogP contribution in [0.4, 0.5) is 0 Å². The molecule has 4 nitrogen and oxygen atoms in total. The summed E-state index contributed by atoms with van der Waals surface area (Å²) in [5.74, 6) is -1.08. The normalized spacial score (nSPS) is 12.9. The van der Waals surface area contributed by atoms with Crippen molar-refractivity contribution < 1.29 is 9.90 Å². The number of rotatable bonds is 3. The third-order valence-electron chi connectivity index (χ3n) is 2.70. The largest absolute Gasteiger partial charge is 0.549 e. The lowest BCUT2D eigenvalue weighted by Crippen LogP contribution is -2.31. The molecule has 0 unspecified atom stereocenters. The van der Waals surface area contributed by atoms with Crippen LogP contribution in [0.1, 0.15) is 18.1 Å². The van der Waals surface area contributed by atoms with Crippen LogP contribution in [0, 0.1) is 13.8 Å². The van der Waals surface area contributed by atoms with Gasteiger partial charge in [-0.05, 0) is 44.0 Å². The van der Waals surface area contributed by atoms with Gasteiger partial charge in [-0.15, -0.1) is 0 Å². The Morgan fingerprint density at radius 1 is 1.41 bits per heavy atom. The number of nitrogens with zero attached hydrogens (tertiary/aromatic N) is 1. The zero-order valence-corrected chi connectivity index (χ0v) is 10.7. The number of carbonyl (C=O) groups is 1. The Hall–Kier alpha value is -1.49. The summed E-state index contributed by atoms with van der Waals surface area (Å²) >= 11 is 1.16. The van der Waals surface area contributed by atoms with E-state index in [1.165, 1.54) is 11.1 Å². The summed E-state index contributed by atoms with van der Waals surface area (Å²) in [5.41, 5.74) is 4.15. The summed E-state index contributed by atoms with van der Waals surface area (Å²) in [6, 6.07) is 4.01. The molecule has 1 atom stereocenters. The highest BCUT2D eigenvalue weighted by molar-refractivity contribution is 8.00. The first-order chi connectivity index (χ1) is 7.97. The maximum Gasteiger partial charge on any atom is 0.166 e. The number of carboxylic acid groups (broad SMARTS) is 1. The molecule has 1 heterocycles. The number of fused-ring (bicyclic) bond motifs is 1. The number of aromatic nitrogens is 2. The molecule has 5 heteroatoms. The molecule has 1 N–H and O–H groups in total. The lowest BCUT2D eigenvalue weighted by atomic mass is 10.1. The first-order valence-electron chi connectivity index (χ1n) is 5.32. The van der Waals surface area contributed by atoms with Crippen LogP contribution in [-0.4, -0.2) is 21.2 Å². The Labute approximate surface area is 103 Å². The molecule has 1 aromatic heterocycles. The molecule has 0 saturated heterocycles. The highest BCUT2D eigenvalue weighted by atomic mass is 32.2. The summed E-state index contributed by atoms with van der Waals surface area (Å²) in [7, 11) is 0. The number of carbonyl (C=O) groups excluding carboxylic acids is 1. The maximum absolute atomic E-state index is 10.7. The zero-order valence-electron chi connectivity index (χ0n) is 9.90. The second kappa shape index (κ2) is 4.41. The number of carboxylic acids is 1. The van der Waals surface area contributed by atoms with Gasteiger partial charge < -0.3 is 14.9 Å². The van der Waals surface area contributed by atoms with Crippen LogP contribution in [0.25, 0.3) is 11.0 Å². The number of thioether (sulfide) groups is 1. The predicted octanol–water partition coefficient (Wildman–Crippen LogP) is 1.41. The van der Waals surface area contributed by atoms with Gasteiger partial charge in [-0.25, -0.2) is 4.98 Å². The van der Waals surface area contributed by atoms with Crippen molar-refractivity contribution in [2.24, 2.45) is 0 Å². The average Bonchev–Trinajstić information content (AvgIpc) is 2.60. The minimum atomic E-state index is -1.08. The van der Waals surface area contributed by atoms with E-state index in [0.717, 1.165) is 22.8 Å². The Balaban J connectivity index is 2.35. The van der Waals surface area contributed by atoms with Gasteiger partial charge in [0, 0.05) is 5.25 Å². The topological polar surface area (TPSA) is 68.8 Å². The van der Waals surface area contributed by atoms with Gasteiger partial charge in [0.2, 0.25) is 0 Å². The van der Waals surface area contributed by atoms with Gasteiger partial charge in [0.05, 0.1) is 17.0 Å². The maximum atomic E-state index is 10.7. The van der Waals surface area contributed by atoms with Gasteiger partial charge >= 0.3 is 0 Å². The standard InChI is InChI=1S/C12H14N2O2S/c1-6-4-9-10(5-7(6)2)14-12(13-9)17-8(3)11(15)16/h4-5,8H,1-3H3,(H,13,14)(H,15,16)/p-1/t8-/m1/s1. The molecule has 0 aliphatic heterocycles. The quantitative estimate of drug-likeness (QED) is 0.835. The van der Waals surface area contributed by atoms with Crippen molar-refractivity contribution in [1.29, 1.82) is 0 Å². The van der Waals surface area contributed by atoms with Crippen LogP contribution in [0.5, 0.6) is 0 Å². The van der Waals surface area contributed by atoms with Crippen molar-refractivity contribution in [2.75, 3.05) is 0 Å². The number of aliphatic carboxylic acids is 1. The summed E-state index contributed by atoms with van der Waals surface area (Å²) < 4.78 is 0. The predicted molar refractivity (Wildman–Crippen MR) is 65.9 cm³/mol. The molecule has 1 aromatic carbocycles. The molecular formula is C12H13N2O2S-. The lowest BCUT2D eigenvalue weighted by Gasteiger charge is -2.08. The van der Waals surface area contributed by atoms with Crippen LogP contribution < -0.4 is 5.11 Å². The summed E-state index contributed by atoms with van der Waals surface area (Å²) in [5, 5.41) is 10.7. The number of imidazole rings is 1. The molecular weight excluding hydrogens is 236 g/mol. The Bertz CT molecular complexity index is 538. The second-order valence-corrected chi connectivity index (χ2v) is 5.40. The first-order valence-corrected chi connectivity index (χ1v) is 6.20. The SMILES string of the molecule is Cc1cc2nc(S[C@H](C)C(=O)[O-])[nH]c2cc1C. The molecule has 2 aromatic rings. The average molecular weight is 249 g/mol. The van der Waals surface area contributed by atoms with Crippen molar-refractivity contribution in [3.63, 3.8) is 0 Å². The van der Waals surface area contributed by atoms with Crippen molar-refractivity contribution in [3.05, 3.63) is 23.3 Å². The van der Waals surface area contributed by atoms with E-state index >= 15 is 0 Å². The monoisotopic (exact) mass is 249 g/mol. The number of nitrogens with one attached hydrogen (secondary N) is 1. The zero-order chi connectivity index (χ0) is 12.6. The first kappa shape index (κ1) is 12.0. The van der Waals surface area contributed by atoms with Gasteiger partial charge in [0.15, 0.2) is 5.16 Å². The van der Waals surface area contributed by atoms with E-state index in [9.17, 15) is 9.90 Å². The fourth-order valence-electron chi connectivity index (χ4n) is 1.52. The van der Waals surface area contributed by atoms with E-state index in [1.807, 2.05) is 26.0 Å². The van der Waals surface area contributed by atoms with Crippen LogP contribution in [-0.2, 0) is 4.79 Å². The number of aryl methyl sites for hydroxylation is 2. The van der Waals surface area contributed by atoms with Crippen LogP contribution >= 0.6 is 11.8 Å². The minimum absolute atomic E-state index is 0.613. The molecule has 0 aliphatic rings. The Morgan fingerprint density at radius 2 is 2.06 bits per heavy atom. The number of H-pyrrole nitrogens is 1. The van der Waals surface area contributed by atoms with E-state index in [2.05, 4.69) is 9.97 Å². The second-order valence-electron chi connectivity index (χ2n) is 4.07. The lowest BCUT2D eigenvalue weighted by molar-refractivity contribution is -0.304. The molecule has 0 spiro atoms. The number of benzene rings is 1. The third kappa shape index (κ3) is 2.44. The fourth-order valence-corrected chi connectivity index (χ4v) is 2.27. The van der Waals surface area contributed by atoms with Gasteiger partial charge in [-0.2, -0.15) is 0 Å². The van der Waals surface area contributed by atoms with Crippen LogP contribution in [0.15, 0.2) is 17.3 Å². The molecule has 0 amide bonds. The number of aromatic amines is 1. The number of hydrogen-bond donors (Lipinski definition) is 1. The van der Waals surface area contributed by atoms with E-state index < -0.39 is 11.2 Å². The van der Waals surface area contributed by atoms with Crippen LogP contribution in [0.2, 0.25) is 0 Å². The van der Waals surface area contributed by atoms with Crippen LogP contribution in [0.3, 0.4) is 0 Å². The summed E-state index contributed by atoms with van der Waals surface area (Å²) in [6.45, 7) is 5.65. The van der Waals surface area contributed by atoms with Gasteiger partial charge in [0.1, 0.15) is 0 Å². The van der Waals surface area contributed by atoms with E-state index in [1.54, 1.807) is 6.92 Å². The van der Waals surface area contributed by atoms with Crippen molar-refractivity contribution >= 4 is 28.8 Å². The van der Waals surface area contributed by atoms with Gasteiger partial charge in [-0.1, -0.05) is 11.8 Å². The van der Waals surface area contributed by atoms with Gasteiger partial charge in [-0.3, -0.25) is 0 Å². The highest BCUT2D eigenvalue weighted by Crippen LogP contribution is 2.24. The summed E-state index contributed by atoms with van der Waals surface area (Å²) in [6.07, 6.45) is 0. The minimum Gasteiger partial charge on any atom is -0.549 e. The molecule has 0 radical (unpaired) electrons. The van der Waals surface area contributed by atoms with Gasteiger partial charge in [0.25, 0.3) is 0 Å². The molecule has 0 aliphatic carbocycles. The Morgan fingerprint density at radius 3 is 2.71 bits per heavy atom. The van der Waals surface area contributed by atoms with E-state index in [-0.39, 0.29) is 0 Å². The van der Waals surface area contributed by atoms with Crippen molar-refractivity contribution in [2.45, 2.75) is 31.2 Å². The van der Waals surface area contributed by atoms with E-state index in [4.69, 9.17) is 0 Å². The third-order valence-corrected chi connectivity index (χ3v) is 3.66. The van der Waals surface area contributed by atoms with Crippen molar-refractivity contribution in [3.8, 4) is 0 Å². The van der Waals surface area contributed by atoms with E-state index in [0.29, 0.717) is 5.16 Å². The Kier molecular flexibility index (Phi) is 3.11. The fraction of sp³-hybridized carbons (Fsp3) is 0.333. The molecule has 0 fully saturated rings.